The van der Waals surface area contributed by atoms with E-state index in [2.05, 4.69) is 131 Å². The normalized spacial score (nSPS) is 10.8. The second-order valence-electron chi connectivity index (χ2n) is 7.12. The fraction of sp³-hybridized carbons (Fsp3) is 0. The summed E-state index contributed by atoms with van der Waals surface area (Å²) in [6.07, 6.45) is 0. The van der Waals surface area contributed by atoms with Crippen LogP contribution in [0.25, 0.3) is 43.1 Å². The fourth-order valence-electron chi connectivity index (χ4n) is 3.79. The van der Waals surface area contributed by atoms with Gasteiger partial charge in [0.1, 0.15) is 0 Å². The second-order valence-corrected chi connectivity index (χ2v) is 9.05. The maximum atomic E-state index is 3.58. The van der Waals surface area contributed by atoms with Gasteiger partial charge in [-0.25, -0.2) is 0 Å². The van der Waals surface area contributed by atoms with Crippen LogP contribution in [0.5, 0.6) is 0 Å². The predicted octanol–water partition coefficient (Wildman–Crippen LogP) is 9.18. The van der Waals surface area contributed by atoms with E-state index in [0.717, 1.165) is 4.47 Å². The summed E-state index contributed by atoms with van der Waals surface area (Å²) in [5.74, 6) is 0. The van der Waals surface area contributed by atoms with Crippen molar-refractivity contribution in [2.45, 2.75) is 0 Å². The smallest absolute Gasteiger partial charge is 0.0434 e. The summed E-state index contributed by atoms with van der Waals surface area (Å²) in [6.45, 7) is 0. The van der Waals surface area contributed by atoms with Gasteiger partial charge in [0, 0.05) is 25.4 Å². The zero-order valence-electron chi connectivity index (χ0n) is 16.3. The van der Waals surface area contributed by atoms with Gasteiger partial charge in [-0.15, -0.1) is 11.3 Å². The average molecular weight is 467 g/mol. The molecule has 144 valence electrons. The summed E-state index contributed by atoms with van der Waals surface area (Å²) in [5, 5.41) is 0. The first kappa shape index (κ1) is 19.0. The molecule has 0 bridgehead atoms. The van der Waals surface area contributed by atoms with Crippen molar-refractivity contribution in [2.75, 3.05) is 0 Å². The number of benzene rings is 4. The minimum absolute atomic E-state index is 1.09. The van der Waals surface area contributed by atoms with E-state index in [1.807, 2.05) is 11.3 Å². The van der Waals surface area contributed by atoms with Gasteiger partial charge >= 0.3 is 0 Å². The SMILES string of the molecule is Brc1ccc(-c2sc(-c3ccccc3)c(-c3ccccc3)c2-c2ccccc2)cc1. The molecule has 0 aliphatic heterocycles. The largest absolute Gasteiger partial charge is 0.134 e. The molecule has 30 heavy (non-hydrogen) atoms. The molecule has 0 atom stereocenters. The predicted molar refractivity (Wildman–Crippen MR) is 134 cm³/mol. The van der Waals surface area contributed by atoms with E-state index in [1.54, 1.807) is 0 Å². The van der Waals surface area contributed by atoms with Gasteiger partial charge in [0.25, 0.3) is 0 Å². The number of hydrogen-bond acceptors (Lipinski definition) is 1. The Kier molecular flexibility index (Phi) is 5.35. The summed E-state index contributed by atoms with van der Waals surface area (Å²) in [6, 6.07) is 40.9. The maximum Gasteiger partial charge on any atom is 0.0434 e. The van der Waals surface area contributed by atoms with Gasteiger partial charge in [-0.05, 0) is 34.4 Å². The lowest BCUT2D eigenvalue weighted by atomic mass is 9.91. The molecule has 4 aromatic carbocycles. The van der Waals surface area contributed by atoms with Crippen molar-refractivity contribution in [3.05, 3.63) is 120 Å². The molecular weight excluding hydrogens is 448 g/mol. The van der Waals surface area contributed by atoms with E-state index < -0.39 is 0 Å². The molecule has 1 heterocycles. The van der Waals surface area contributed by atoms with Gasteiger partial charge in [0.2, 0.25) is 0 Å². The molecule has 2 heteroatoms. The van der Waals surface area contributed by atoms with Crippen molar-refractivity contribution in [1.29, 1.82) is 0 Å². The van der Waals surface area contributed by atoms with E-state index in [0.29, 0.717) is 0 Å². The highest BCUT2D eigenvalue weighted by Gasteiger charge is 2.22. The van der Waals surface area contributed by atoms with Gasteiger partial charge < -0.3 is 0 Å². The second kappa shape index (κ2) is 8.43. The van der Waals surface area contributed by atoms with Crippen LogP contribution in [0.2, 0.25) is 0 Å². The van der Waals surface area contributed by atoms with Crippen LogP contribution in [0.3, 0.4) is 0 Å². The lowest BCUT2D eigenvalue weighted by Crippen LogP contribution is -1.85. The summed E-state index contributed by atoms with van der Waals surface area (Å²) >= 11 is 5.45. The Bertz CT molecular complexity index is 1260. The minimum atomic E-state index is 1.09. The lowest BCUT2D eigenvalue weighted by molar-refractivity contribution is 1.60. The highest BCUT2D eigenvalue weighted by atomic mass is 79.9. The topological polar surface area (TPSA) is 0 Å². The van der Waals surface area contributed by atoms with Crippen LogP contribution in [-0.2, 0) is 0 Å². The van der Waals surface area contributed by atoms with Crippen LogP contribution >= 0.6 is 27.3 Å². The van der Waals surface area contributed by atoms with E-state index >= 15 is 0 Å². The molecule has 0 spiro atoms. The van der Waals surface area contributed by atoms with Crippen molar-refractivity contribution in [2.24, 2.45) is 0 Å². The molecular formula is C28H19BrS. The van der Waals surface area contributed by atoms with Crippen molar-refractivity contribution >= 4 is 27.3 Å². The monoisotopic (exact) mass is 466 g/mol. The van der Waals surface area contributed by atoms with Crippen LogP contribution in [0.15, 0.2) is 120 Å². The summed E-state index contributed by atoms with van der Waals surface area (Å²) < 4.78 is 1.09. The third-order valence-corrected chi connectivity index (χ3v) is 6.99. The molecule has 0 N–H and O–H groups in total. The molecule has 0 saturated carbocycles. The van der Waals surface area contributed by atoms with Crippen molar-refractivity contribution in [3.63, 3.8) is 0 Å². The molecule has 1 aromatic heterocycles. The van der Waals surface area contributed by atoms with Crippen LogP contribution in [0.4, 0.5) is 0 Å². The van der Waals surface area contributed by atoms with Gasteiger partial charge in [-0.3, -0.25) is 0 Å². The molecule has 0 saturated heterocycles. The minimum Gasteiger partial charge on any atom is -0.134 e. The molecule has 5 rings (SSSR count). The fourth-order valence-corrected chi connectivity index (χ4v) is 5.41. The third-order valence-electron chi connectivity index (χ3n) is 5.18. The Morgan fingerprint density at radius 3 is 1.20 bits per heavy atom. The van der Waals surface area contributed by atoms with E-state index in [-0.39, 0.29) is 0 Å². The maximum absolute atomic E-state index is 3.58. The Labute approximate surface area is 189 Å². The highest BCUT2D eigenvalue weighted by molar-refractivity contribution is 9.10. The first-order chi connectivity index (χ1) is 14.8. The molecule has 0 aliphatic carbocycles. The lowest BCUT2D eigenvalue weighted by Gasteiger charge is -2.11. The van der Waals surface area contributed by atoms with Crippen molar-refractivity contribution < 1.29 is 0 Å². The Balaban J connectivity index is 1.88. The van der Waals surface area contributed by atoms with Crippen molar-refractivity contribution in [1.82, 2.24) is 0 Å². The van der Waals surface area contributed by atoms with Gasteiger partial charge in [0.05, 0.1) is 0 Å². The van der Waals surface area contributed by atoms with Crippen molar-refractivity contribution in [3.8, 4) is 43.1 Å². The number of halogens is 1. The molecule has 0 unspecified atom stereocenters. The van der Waals surface area contributed by atoms with E-state index in [1.165, 1.54) is 43.1 Å². The standard InChI is InChI=1S/C28H19BrS/c29-24-18-16-23(17-19-24)28-26(21-12-6-2-7-13-21)25(20-10-4-1-5-11-20)27(30-28)22-14-8-3-9-15-22/h1-19H. The van der Waals surface area contributed by atoms with E-state index in [4.69, 9.17) is 0 Å². The molecule has 0 fully saturated rings. The van der Waals surface area contributed by atoms with Crippen LogP contribution in [0.1, 0.15) is 0 Å². The first-order valence-electron chi connectivity index (χ1n) is 9.90. The summed E-state index contributed by atoms with van der Waals surface area (Å²) in [5.41, 5.74) is 7.58. The van der Waals surface area contributed by atoms with Crippen LogP contribution in [-0.4, -0.2) is 0 Å². The zero-order chi connectivity index (χ0) is 20.3. The molecule has 0 amide bonds. The van der Waals surface area contributed by atoms with Gasteiger partial charge in [-0.2, -0.15) is 0 Å². The first-order valence-corrected chi connectivity index (χ1v) is 11.5. The number of hydrogen-bond donors (Lipinski definition) is 0. The zero-order valence-corrected chi connectivity index (χ0v) is 18.7. The summed E-state index contributed by atoms with van der Waals surface area (Å²) in [4.78, 5) is 2.60. The Morgan fingerprint density at radius 2 is 0.767 bits per heavy atom. The molecule has 0 nitrogen and oxygen atoms in total. The Morgan fingerprint density at radius 1 is 0.400 bits per heavy atom. The average Bonchev–Trinajstić information content (AvgIpc) is 3.22. The van der Waals surface area contributed by atoms with Gasteiger partial charge in [0.15, 0.2) is 0 Å². The highest BCUT2D eigenvalue weighted by Crippen LogP contribution is 2.51. The van der Waals surface area contributed by atoms with Crippen LogP contribution in [0, 0.1) is 0 Å². The number of rotatable bonds is 4. The van der Waals surface area contributed by atoms with E-state index in [9.17, 15) is 0 Å². The molecule has 0 radical (unpaired) electrons. The van der Waals surface area contributed by atoms with Gasteiger partial charge in [-0.1, -0.05) is 119 Å². The third kappa shape index (κ3) is 3.65. The van der Waals surface area contributed by atoms with Crippen LogP contribution < -0.4 is 0 Å². The summed E-state index contributed by atoms with van der Waals surface area (Å²) in [7, 11) is 0. The number of thiophene rings is 1. The quantitative estimate of drug-likeness (QED) is 0.247. The molecule has 0 aliphatic rings. The molecule has 5 aromatic rings. The Hall–Kier alpha value is -2.94.